The third-order valence-corrected chi connectivity index (χ3v) is 4.02. The Balaban J connectivity index is 1.76. The van der Waals surface area contributed by atoms with Crippen LogP contribution in [0.1, 0.15) is 33.6 Å². The molecule has 16 heavy (non-hydrogen) atoms. The van der Waals surface area contributed by atoms with Gasteiger partial charge in [0.1, 0.15) is 0 Å². The van der Waals surface area contributed by atoms with Gasteiger partial charge in [0.2, 0.25) is 0 Å². The highest BCUT2D eigenvalue weighted by molar-refractivity contribution is 4.90. The summed E-state index contributed by atoms with van der Waals surface area (Å²) in [5.41, 5.74) is 0. The topological polar surface area (TPSA) is 18.5 Å². The second kappa shape index (κ2) is 5.48. The van der Waals surface area contributed by atoms with E-state index < -0.39 is 0 Å². The molecule has 0 bridgehead atoms. The average Bonchev–Trinajstić information content (AvgIpc) is 2.64. The van der Waals surface area contributed by atoms with Crippen molar-refractivity contribution >= 4 is 0 Å². The third-order valence-electron chi connectivity index (χ3n) is 4.02. The minimum absolute atomic E-state index is 0.614. The molecule has 1 N–H and O–H groups in total. The van der Waals surface area contributed by atoms with Crippen LogP contribution in [0.5, 0.6) is 0 Å². The predicted octanol–water partition coefficient (Wildman–Crippen LogP) is 1.15. The maximum atomic E-state index is 3.52. The van der Waals surface area contributed by atoms with Gasteiger partial charge in [0, 0.05) is 44.3 Å². The molecule has 2 fully saturated rings. The largest absolute Gasteiger partial charge is 0.313 e. The van der Waals surface area contributed by atoms with Crippen LogP contribution in [0, 0.1) is 0 Å². The van der Waals surface area contributed by atoms with Crippen molar-refractivity contribution in [3.63, 3.8) is 0 Å². The molecule has 0 aromatic rings. The van der Waals surface area contributed by atoms with E-state index in [4.69, 9.17) is 0 Å². The first-order valence-corrected chi connectivity index (χ1v) is 6.88. The zero-order valence-corrected chi connectivity index (χ0v) is 11.1. The Hall–Kier alpha value is -0.120. The molecule has 3 nitrogen and oxygen atoms in total. The highest BCUT2D eigenvalue weighted by Crippen LogP contribution is 2.23. The van der Waals surface area contributed by atoms with Crippen LogP contribution in [0.2, 0.25) is 0 Å². The number of hydrogen-bond acceptors (Lipinski definition) is 3. The Morgan fingerprint density at radius 2 is 2.12 bits per heavy atom. The molecule has 0 spiro atoms. The minimum Gasteiger partial charge on any atom is -0.313 e. The van der Waals surface area contributed by atoms with E-state index in [2.05, 4.69) is 35.9 Å². The van der Waals surface area contributed by atoms with Crippen LogP contribution >= 0.6 is 0 Å². The van der Waals surface area contributed by atoms with Crippen LogP contribution in [0.3, 0.4) is 0 Å². The Bertz CT molecular complexity index is 217. The fraction of sp³-hybridized carbons (Fsp3) is 1.00. The molecule has 0 aromatic carbocycles. The van der Waals surface area contributed by atoms with Gasteiger partial charge in [-0.2, -0.15) is 0 Å². The normalized spacial score (nSPS) is 32.2. The van der Waals surface area contributed by atoms with Gasteiger partial charge in [-0.15, -0.1) is 0 Å². The molecule has 2 aliphatic rings. The zero-order chi connectivity index (χ0) is 11.5. The third kappa shape index (κ3) is 2.96. The molecule has 2 heterocycles. The number of piperazine rings is 1. The van der Waals surface area contributed by atoms with Gasteiger partial charge in [0.25, 0.3) is 0 Å². The van der Waals surface area contributed by atoms with Crippen LogP contribution in [0.15, 0.2) is 0 Å². The molecule has 0 aromatic heterocycles. The SMILES string of the molecule is CC(C)NCCN1CC2CCCN2CC1C. The Morgan fingerprint density at radius 3 is 2.88 bits per heavy atom. The van der Waals surface area contributed by atoms with E-state index in [0.717, 1.165) is 18.6 Å². The second-order valence-electron chi connectivity index (χ2n) is 5.74. The molecule has 94 valence electrons. The molecule has 0 amide bonds. The van der Waals surface area contributed by atoms with Gasteiger partial charge in [-0.1, -0.05) is 13.8 Å². The lowest BCUT2D eigenvalue weighted by Gasteiger charge is -2.42. The summed E-state index contributed by atoms with van der Waals surface area (Å²) in [5.74, 6) is 0. The van der Waals surface area contributed by atoms with Gasteiger partial charge < -0.3 is 5.32 Å². The van der Waals surface area contributed by atoms with Crippen molar-refractivity contribution in [1.29, 1.82) is 0 Å². The van der Waals surface area contributed by atoms with Gasteiger partial charge >= 0.3 is 0 Å². The summed E-state index contributed by atoms with van der Waals surface area (Å²) < 4.78 is 0. The van der Waals surface area contributed by atoms with Crippen LogP contribution in [-0.2, 0) is 0 Å². The maximum Gasteiger partial charge on any atom is 0.0224 e. The van der Waals surface area contributed by atoms with E-state index in [9.17, 15) is 0 Å². The van der Waals surface area contributed by atoms with Crippen molar-refractivity contribution in [1.82, 2.24) is 15.1 Å². The maximum absolute atomic E-state index is 3.52. The van der Waals surface area contributed by atoms with Crippen molar-refractivity contribution in [3.8, 4) is 0 Å². The molecule has 2 aliphatic heterocycles. The summed E-state index contributed by atoms with van der Waals surface area (Å²) in [6.45, 7) is 13.1. The summed E-state index contributed by atoms with van der Waals surface area (Å²) in [6.07, 6.45) is 2.83. The first kappa shape index (κ1) is 12.3. The highest BCUT2D eigenvalue weighted by atomic mass is 15.3. The van der Waals surface area contributed by atoms with Crippen LogP contribution in [0.4, 0.5) is 0 Å². The first-order chi connectivity index (χ1) is 7.66. The second-order valence-corrected chi connectivity index (χ2v) is 5.74. The molecule has 0 aliphatic carbocycles. The molecule has 2 unspecified atom stereocenters. The number of nitrogens with zero attached hydrogens (tertiary/aromatic N) is 2. The molecule has 2 rings (SSSR count). The molecular weight excluding hydrogens is 198 g/mol. The fourth-order valence-electron chi connectivity index (χ4n) is 3.06. The average molecular weight is 225 g/mol. The van der Waals surface area contributed by atoms with Crippen molar-refractivity contribution in [3.05, 3.63) is 0 Å². The fourth-order valence-corrected chi connectivity index (χ4v) is 3.06. The lowest BCUT2D eigenvalue weighted by molar-refractivity contribution is 0.0600. The molecule has 0 saturated carbocycles. The summed E-state index contributed by atoms with van der Waals surface area (Å²) in [5, 5.41) is 3.52. The smallest absolute Gasteiger partial charge is 0.0224 e. The van der Waals surface area contributed by atoms with E-state index in [-0.39, 0.29) is 0 Å². The Labute approximate surface area is 100 Å². The first-order valence-electron chi connectivity index (χ1n) is 6.88. The van der Waals surface area contributed by atoms with Gasteiger partial charge in [-0.05, 0) is 26.3 Å². The molecule has 2 atom stereocenters. The van der Waals surface area contributed by atoms with Gasteiger partial charge in [-0.25, -0.2) is 0 Å². The number of hydrogen-bond donors (Lipinski definition) is 1. The molecule has 3 heteroatoms. The number of fused-ring (bicyclic) bond motifs is 1. The van der Waals surface area contributed by atoms with E-state index >= 15 is 0 Å². The van der Waals surface area contributed by atoms with Crippen molar-refractivity contribution in [2.24, 2.45) is 0 Å². The molecule has 0 radical (unpaired) electrons. The zero-order valence-electron chi connectivity index (χ0n) is 11.1. The van der Waals surface area contributed by atoms with Crippen LogP contribution in [-0.4, -0.2) is 60.6 Å². The number of nitrogens with one attached hydrogen (secondary N) is 1. The van der Waals surface area contributed by atoms with Crippen LogP contribution in [0.25, 0.3) is 0 Å². The number of rotatable bonds is 4. The monoisotopic (exact) mass is 225 g/mol. The lowest BCUT2D eigenvalue weighted by atomic mass is 10.1. The summed E-state index contributed by atoms with van der Waals surface area (Å²) in [6, 6.07) is 2.21. The van der Waals surface area contributed by atoms with Crippen LogP contribution < -0.4 is 5.32 Å². The van der Waals surface area contributed by atoms with Gasteiger partial charge in [0.15, 0.2) is 0 Å². The molecular formula is C13H27N3. The van der Waals surface area contributed by atoms with Gasteiger partial charge in [-0.3, -0.25) is 9.80 Å². The predicted molar refractivity (Wildman–Crippen MR) is 68.8 cm³/mol. The van der Waals surface area contributed by atoms with Crippen molar-refractivity contribution < 1.29 is 0 Å². The lowest BCUT2D eigenvalue weighted by Crippen LogP contribution is -2.56. The van der Waals surface area contributed by atoms with Crippen molar-refractivity contribution in [2.45, 2.75) is 51.7 Å². The minimum atomic E-state index is 0.614. The summed E-state index contributed by atoms with van der Waals surface area (Å²) >= 11 is 0. The van der Waals surface area contributed by atoms with E-state index in [1.807, 2.05) is 0 Å². The standard InChI is InChI=1S/C13H27N3/c1-11(2)14-6-8-15-10-13-5-4-7-16(13)9-12(15)3/h11-14H,4-10H2,1-3H3. The Morgan fingerprint density at radius 1 is 1.31 bits per heavy atom. The summed E-state index contributed by atoms with van der Waals surface area (Å²) in [7, 11) is 0. The van der Waals surface area contributed by atoms with E-state index in [1.165, 1.54) is 39.0 Å². The van der Waals surface area contributed by atoms with E-state index in [1.54, 1.807) is 0 Å². The van der Waals surface area contributed by atoms with Gasteiger partial charge in [0.05, 0.1) is 0 Å². The summed E-state index contributed by atoms with van der Waals surface area (Å²) in [4.78, 5) is 5.36. The van der Waals surface area contributed by atoms with Crippen molar-refractivity contribution in [2.75, 3.05) is 32.7 Å². The highest BCUT2D eigenvalue weighted by Gasteiger charge is 2.33. The Kier molecular flexibility index (Phi) is 4.22. The molecule has 2 saturated heterocycles. The quantitative estimate of drug-likeness (QED) is 0.774. The van der Waals surface area contributed by atoms with E-state index in [0.29, 0.717) is 6.04 Å².